The zero-order valence-corrected chi connectivity index (χ0v) is 23.6. The van der Waals surface area contributed by atoms with Crippen molar-refractivity contribution in [1.29, 1.82) is 0 Å². The fourth-order valence-electron chi connectivity index (χ4n) is 6.97. The average molecular weight is 528 g/mol. The van der Waals surface area contributed by atoms with Crippen molar-refractivity contribution in [2.24, 2.45) is 7.05 Å². The number of hydrogen-bond donors (Lipinski definition) is 1. The van der Waals surface area contributed by atoms with Crippen molar-refractivity contribution >= 4 is 11.7 Å². The van der Waals surface area contributed by atoms with Gasteiger partial charge in [0.25, 0.3) is 0 Å². The number of likely N-dealkylation sites (tertiary alicyclic amines) is 2. The van der Waals surface area contributed by atoms with E-state index in [2.05, 4.69) is 57.9 Å². The minimum atomic E-state index is -0.258. The van der Waals surface area contributed by atoms with Crippen molar-refractivity contribution in [3.63, 3.8) is 0 Å². The minimum absolute atomic E-state index is 0.0398. The van der Waals surface area contributed by atoms with E-state index in [0.29, 0.717) is 12.1 Å². The number of piperidine rings is 2. The second-order valence-electron chi connectivity index (χ2n) is 12.4. The van der Waals surface area contributed by atoms with Crippen LogP contribution in [0.2, 0.25) is 0 Å². The Bertz CT molecular complexity index is 1350. The van der Waals surface area contributed by atoms with Gasteiger partial charge in [-0.1, -0.05) is 44.5 Å². The van der Waals surface area contributed by atoms with Gasteiger partial charge in [0.05, 0.1) is 11.4 Å². The van der Waals surface area contributed by atoms with E-state index in [-0.39, 0.29) is 17.1 Å². The standard InChI is InChI=1S/C31H41N7O/c1-31(2)18-23-19-33-30(32)34-27(23)29-26(31)28(35-36(29)3)25(39)17-21-7-9-22(10-8-21)20-37-15-11-24(12-16-37)38-13-5-4-6-14-38/h7-10,19,24H,4-6,11-18,20H2,1-3H3,(H2,32,33,34). The molecule has 0 atom stereocenters. The van der Waals surface area contributed by atoms with Gasteiger partial charge in [-0.3, -0.25) is 14.4 Å². The lowest BCUT2D eigenvalue weighted by molar-refractivity contribution is 0.0896. The highest BCUT2D eigenvalue weighted by atomic mass is 16.1. The lowest BCUT2D eigenvalue weighted by Gasteiger charge is -2.40. The van der Waals surface area contributed by atoms with Gasteiger partial charge < -0.3 is 10.6 Å². The fraction of sp³-hybridized carbons (Fsp3) is 0.548. The summed E-state index contributed by atoms with van der Waals surface area (Å²) in [6.45, 7) is 10.2. The molecule has 6 rings (SSSR count). The second kappa shape index (κ2) is 10.5. The Labute approximate surface area is 231 Å². The third-order valence-corrected chi connectivity index (χ3v) is 8.99. The van der Waals surface area contributed by atoms with Crippen LogP contribution in [0.15, 0.2) is 30.5 Å². The summed E-state index contributed by atoms with van der Waals surface area (Å²) in [5.41, 5.74) is 12.2. The van der Waals surface area contributed by atoms with Gasteiger partial charge in [0, 0.05) is 37.8 Å². The number of nitrogen functional groups attached to an aromatic ring is 1. The first-order valence-electron chi connectivity index (χ1n) is 14.5. The number of nitrogens with two attached hydrogens (primary N) is 1. The van der Waals surface area contributed by atoms with Crippen LogP contribution in [0, 0.1) is 0 Å². The number of benzene rings is 1. The Hall–Kier alpha value is -3.10. The van der Waals surface area contributed by atoms with Gasteiger partial charge in [-0.05, 0) is 80.4 Å². The smallest absolute Gasteiger partial charge is 0.220 e. The molecule has 206 valence electrons. The summed E-state index contributed by atoms with van der Waals surface area (Å²) in [5, 5.41) is 4.70. The molecular formula is C31H41N7O. The highest BCUT2D eigenvalue weighted by Gasteiger charge is 2.39. The summed E-state index contributed by atoms with van der Waals surface area (Å²) in [4.78, 5) is 27.6. The summed E-state index contributed by atoms with van der Waals surface area (Å²) in [6.07, 6.45) is 9.57. The fourth-order valence-corrected chi connectivity index (χ4v) is 6.97. The minimum Gasteiger partial charge on any atom is -0.368 e. The molecule has 0 unspecified atom stereocenters. The molecule has 3 aliphatic rings. The van der Waals surface area contributed by atoms with Crippen LogP contribution in [0.3, 0.4) is 0 Å². The molecule has 2 aliphatic heterocycles. The lowest BCUT2D eigenvalue weighted by atomic mass is 9.72. The zero-order valence-electron chi connectivity index (χ0n) is 23.6. The number of aryl methyl sites for hydroxylation is 1. The summed E-state index contributed by atoms with van der Waals surface area (Å²) in [5.74, 6) is 0.276. The molecule has 0 bridgehead atoms. The zero-order chi connectivity index (χ0) is 27.1. The van der Waals surface area contributed by atoms with E-state index >= 15 is 0 Å². The molecule has 8 heteroatoms. The lowest BCUT2D eigenvalue weighted by Crippen LogP contribution is -2.46. The Morgan fingerprint density at radius 3 is 2.44 bits per heavy atom. The molecule has 8 nitrogen and oxygen atoms in total. The number of carbonyl (C=O) groups excluding carboxylic acids is 1. The van der Waals surface area contributed by atoms with Gasteiger partial charge in [0.2, 0.25) is 5.95 Å². The first kappa shape index (κ1) is 26.1. The molecule has 0 spiro atoms. The van der Waals surface area contributed by atoms with Crippen LogP contribution >= 0.6 is 0 Å². The summed E-state index contributed by atoms with van der Waals surface area (Å²) in [7, 11) is 1.88. The first-order chi connectivity index (χ1) is 18.8. The van der Waals surface area contributed by atoms with Crippen molar-refractivity contribution in [2.45, 2.75) is 76.8 Å². The molecule has 0 amide bonds. The quantitative estimate of drug-likeness (QED) is 0.481. The van der Waals surface area contributed by atoms with E-state index in [1.807, 2.05) is 7.05 Å². The number of hydrogen-bond acceptors (Lipinski definition) is 7. The summed E-state index contributed by atoms with van der Waals surface area (Å²) >= 11 is 0. The molecule has 4 heterocycles. The SMILES string of the molecule is Cn1nc(C(=O)Cc2ccc(CN3CCC(N4CCCCC4)CC3)cc2)c2c1-c1nc(N)ncc1CC2(C)C. The Kier molecular flexibility index (Phi) is 7.02. The maximum absolute atomic E-state index is 13.6. The molecule has 2 fully saturated rings. The van der Waals surface area contributed by atoms with Crippen LogP contribution in [0.5, 0.6) is 0 Å². The second-order valence-corrected chi connectivity index (χ2v) is 12.4. The number of carbonyl (C=O) groups is 1. The van der Waals surface area contributed by atoms with E-state index in [1.165, 1.54) is 63.8 Å². The molecule has 2 aromatic heterocycles. The average Bonchev–Trinajstić information content (AvgIpc) is 3.30. The predicted octanol–water partition coefficient (Wildman–Crippen LogP) is 4.17. The van der Waals surface area contributed by atoms with Crippen LogP contribution in [-0.2, 0) is 31.8 Å². The number of rotatable bonds is 6. The topological polar surface area (TPSA) is 93.2 Å². The summed E-state index contributed by atoms with van der Waals surface area (Å²) in [6, 6.07) is 9.37. The van der Waals surface area contributed by atoms with Crippen LogP contribution in [-0.4, -0.2) is 67.6 Å². The van der Waals surface area contributed by atoms with E-state index in [1.54, 1.807) is 10.9 Å². The molecule has 2 N–H and O–H groups in total. The molecule has 0 radical (unpaired) electrons. The summed E-state index contributed by atoms with van der Waals surface area (Å²) < 4.78 is 1.78. The molecule has 0 saturated carbocycles. The largest absolute Gasteiger partial charge is 0.368 e. The van der Waals surface area contributed by atoms with Gasteiger partial charge in [-0.15, -0.1) is 0 Å². The van der Waals surface area contributed by atoms with E-state index in [9.17, 15) is 4.79 Å². The van der Waals surface area contributed by atoms with Crippen molar-refractivity contribution in [3.8, 4) is 11.4 Å². The van der Waals surface area contributed by atoms with E-state index in [4.69, 9.17) is 10.8 Å². The van der Waals surface area contributed by atoms with E-state index in [0.717, 1.165) is 47.1 Å². The van der Waals surface area contributed by atoms with Crippen LogP contribution in [0.1, 0.15) is 78.7 Å². The maximum Gasteiger partial charge on any atom is 0.220 e. The number of Topliss-reactive ketones (excluding diaryl/α,β-unsaturated/α-hetero) is 1. The van der Waals surface area contributed by atoms with E-state index < -0.39 is 0 Å². The molecule has 3 aromatic rings. The Morgan fingerprint density at radius 1 is 1.03 bits per heavy atom. The van der Waals surface area contributed by atoms with Gasteiger partial charge in [0.15, 0.2) is 5.78 Å². The third kappa shape index (κ3) is 5.24. The van der Waals surface area contributed by atoms with Crippen molar-refractivity contribution in [3.05, 3.63) is 58.4 Å². The van der Waals surface area contributed by atoms with Crippen LogP contribution < -0.4 is 5.73 Å². The monoisotopic (exact) mass is 527 g/mol. The Morgan fingerprint density at radius 2 is 1.72 bits per heavy atom. The van der Waals surface area contributed by atoms with Crippen molar-refractivity contribution in [1.82, 2.24) is 29.5 Å². The van der Waals surface area contributed by atoms with Crippen molar-refractivity contribution in [2.75, 3.05) is 31.9 Å². The normalized spacial score (nSPS) is 20.0. The van der Waals surface area contributed by atoms with Gasteiger partial charge in [-0.25, -0.2) is 9.97 Å². The molecular weight excluding hydrogens is 486 g/mol. The van der Waals surface area contributed by atoms with Crippen LogP contribution in [0.25, 0.3) is 11.4 Å². The Balaban J connectivity index is 1.12. The van der Waals surface area contributed by atoms with Gasteiger partial charge >= 0.3 is 0 Å². The predicted molar refractivity (Wildman–Crippen MR) is 154 cm³/mol. The van der Waals surface area contributed by atoms with Crippen LogP contribution in [0.4, 0.5) is 5.95 Å². The highest BCUT2D eigenvalue weighted by Crippen LogP contribution is 2.44. The first-order valence-corrected chi connectivity index (χ1v) is 14.5. The number of fused-ring (bicyclic) bond motifs is 3. The molecule has 2 saturated heterocycles. The molecule has 39 heavy (non-hydrogen) atoms. The third-order valence-electron chi connectivity index (χ3n) is 8.99. The molecule has 1 aliphatic carbocycles. The maximum atomic E-state index is 13.6. The highest BCUT2D eigenvalue weighted by molar-refractivity contribution is 5.99. The number of nitrogens with zero attached hydrogens (tertiary/aromatic N) is 6. The number of aromatic nitrogens is 4. The van der Waals surface area contributed by atoms with Gasteiger partial charge in [0.1, 0.15) is 5.69 Å². The van der Waals surface area contributed by atoms with Crippen molar-refractivity contribution < 1.29 is 4.79 Å². The number of ketones is 1. The molecule has 1 aromatic carbocycles. The number of anilines is 1. The van der Waals surface area contributed by atoms with Gasteiger partial charge in [-0.2, -0.15) is 5.10 Å².